The fourth-order valence-corrected chi connectivity index (χ4v) is 2.59. The highest BCUT2D eigenvalue weighted by molar-refractivity contribution is 5.88. The SMILES string of the molecule is Cc1cccc(COc2ccc(C=CC(=O)Oc3ccc([N+](=O)[O-])cc3)cc2)c1. The monoisotopic (exact) mass is 389 g/mol. The van der Waals surface area contributed by atoms with Gasteiger partial charge >= 0.3 is 5.97 Å². The molecule has 0 fully saturated rings. The van der Waals surface area contributed by atoms with Crippen LogP contribution >= 0.6 is 0 Å². The first-order valence-corrected chi connectivity index (χ1v) is 8.92. The second kappa shape index (κ2) is 9.32. The fraction of sp³-hybridized carbons (Fsp3) is 0.0870. The highest BCUT2D eigenvalue weighted by Crippen LogP contribution is 2.18. The lowest BCUT2D eigenvalue weighted by Gasteiger charge is -2.07. The van der Waals surface area contributed by atoms with E-state index in [0.29, 0.717) is 6.61 Å². The molecule has 0 heterocycles. The normalized spacial score (nSPS) is 10.7. The van der Waals surface area contributed by atoms with E-state index >= 15 is 0 Å². The predicted octanol–water partition coefficient (Wildman–Crippen LogP) is 5.10. The highest BCUT2D eigenvalue weighted by atomic mass is 16.6. The van der Waals surface area contributed by atoms with Gasteiger partial charge in [-0.05, 0) is 48.4 Å². The molecule has 0 radical (unpaired) electrons. The van der Waals surface area contributed by atoms with Crippen LogP contribution in [-0.4, -0.2) is 10.9 Å². The van der Waals surface area contributed by atoms with Gasteiger partial charge in [0.15, 0.2) is 0 Å². The minimum absolute atomic E-state index is 0.0648. The van der Waals surface area contributed by atoms with E-state index in [1.165, 1.54) is 35.9 Å². The lowest BCUT2D eigenvalue weighted by molar-refractivity contribution is -0.384. The topological polar surface area (TPSA) is 78.7 Å². The third-order valence-electron chi connectivity index (χ3n) is 4.05. The molecule has 6 nitrogen and oxygen atoms in total. The van der Waals surface area contributed by atoms with Crippen LogP contribution < -0.4 is 9.47 Å². The number of rotatable bonds is 7. The molecule has 0 amide bonds. The number of hydrogen-bond donors (Lipinski definition) is 0. The van der Waals surface area contributed by atoms with Gasteiger partial charge in [0, 0.05) is 18.2 Å². The molecule has 6 heteroatoms. The summed E-state index contributed by atoms with van der Waals surface area (Å²) in [5.74, 6) is 0.404. The molecule has 0 unspecified atom stereocenters. The van der Waals surface area contributed by atoms with Crippen LogP contribution in [0.15, 0.2) is 78.9 Å². The summed E-state index contributed by atoms with van der Waals surface area (Å²) in [6.07, 6.45) is 2.92. The Labute approximate surface area is 168 Å². The minimum atomic E-state index is -0.571. The average molecular weight is 389 g/mol. The van der Waals surface area contributed by atoms with Crippen molar-refractivity contribution in [3.8, 4) is 11.5 Å². The number of esters is 1. The Hall–Kier alpha value is -3.93. The van der Waals surface area contributed by atoms with Crippen LogP contribution in [0.25, 0.3) is 6.08 Å². The lowest BCUT2D eigenvalue weighted by atomic mass is 10.1. The lowest BCUT2D eigenvalue weighted by Crippen LogP contribution is -2.03. The van der Waals surface area contributed by atoms with Gasteiger partial charge in [0.25, 0.3) is 5.69 Å². The van der Waals surface area contributed by atoms with Gasteiger partial charge in [-0.2, -0.15) is 0 Å². The quantitative estimate of drug-likeness (QED) is 0.185. The number of nitro groups is 1. The van der Waals surface area contributed by atoms with Gasteiger partial charge in [-0.3, -0.25) is 10.1 Å². The molecular formula is C23H19NO5. The largest absolute Gasteiger partial charge is 0.489 e. The summed E-state index contributed by atoms with van der Waals surface area (Å²) in [7, 11) is 0. The van der Waals surface area contributed by atoms with Crippen LogP contribution in [0, 0.1) is 17.0 Å². The molecule has 0 N–H and O–H groups in total. The van der Waals surface area contributed by atoms with Crippen LogP contribution in [0.3, 0.4) is 0 Å². The van der Waals surface area contributed by atoms with Crippen molar-refractivity contribution in [1.82, 2.24) is 0 Å². The van der Waals surface area contributed by atoms with E-state index < -0.39 is 10.9 Å². The van der Waals surface area contributed by atoms with E-state index in [9.17, 15) is 14.9 Å². The molecule has 0 aromatic heterocycles. The number of aryl methyl sites for hydroxylation is 1. The zero-order chi connectivity index (χ0) is 20.6. The third kappa shape index (κ3) is 6.04. The summed E-state index contributed by atoms with van der Waals surface area (Å²) < 4.78 is 10.9. The number of nitrogens with zero attached hydrogens (tertiary/aromatic N) is 1. The number of carbonyl (C=O) groups excluding carboxylic acids is 1. The maximum Gasteiger partial charge on any atom is 0.336 e. The Morgan fingerprint density at radius 1 is 1.00 bits per heavy atom. The van der Waals surface area contributed by atoms with Crippen molar-refractivity contribution in [3.63, 3.8) is 0 Å². The van der Waals surface area contributed by atoms with Crippen molar-refractivity contribution in [1.29, 1.82) is 0 Å². The van der Waals surface area contributed by atoms with Gasteiger partial charge in [0.1, 0.15) is 18.1 Å². The first kappa shape index (κ1) is 19.8. The highest BCUT2D eigenvalue weighted by Gasteiger charge is 2.06. The number of nitro benzene ring substituents is 1. The Kier molecular flexibility index (Phi) is 6.37. The van der Waals surface area contributed by atoms with Crippen molar-refractivity contribution in [2.45, 2.75) is 13.5 Å². The van der Waals surface area contributed by atoms with Crippen molar-refractivity contribution >= 4 is 17.7 Å². The van der Waals surface area contributed by atoms with Crippen LogP contribution in [0.5, 0.6) is 11.5 Å². The van der Waals surface area contributed by atoms with Crippen LogP contribution in [0.1, 0.15) is 16.7 Å². The van der Waals surface area contributed by atoms with Crippen molar-refractivity contribution < 1.29 is 19.2 Å². The van der Waals surface area contributed by atoms with E-state index in [0.717, 1.165) is 16.9 Å². The third-order valence-corrected chi connectivity index (χ3v) is 4.05. The molecule has 3 aromatic rings. The van der Waals surface area contributed by atoms with E-state index in [2.05, 4.69) is 6.07 Å². The molecule has 0 saturated heterocycles. The molecule has 0 saturated carbocycles. The molecule has 3 aromatic carbocycles. The van der Waals surface area contributed by atoms with Crippen molar-refractivity contribution in [3.05, 3.63) is 106 Å². The summed E-state index contributed by atoms with van der Waals surface area (Å²) >= 11 is 0. The van der Waals surface area contributed by atoms with Gasteiger partial charge < -0.3 is 9.47 Å². The molecule has 0 bridgehead atoms. The zero-order valence-corrected chi connectivity index (χ0v) is 15.8. The molecule has 0 spiro atoms. The molecule has 0 atom stereocenters. The summed E-state index contributed by atoms with van der Waals surface area (Å²) in [6.45, 7) is 2.52. The minimum Gasteiger partial charge on any atom is -0.489 e. The van der Waals surface area contributed by atoms with Gasteiger partial charge in [-0.1, -0.05) is 42.0 Å². The van der Waals surface area contributed by atoms with Crippen LogP contribution in [0.2, 0.25) is 0 Å². The summed E-state index contributed by atoms with van der Waals surface area (Å²) in [5, 5.41) is 10.6. The van der Waals surface area contributed by atoms with Gasteiger partial charge in [0.2, 0.25) is 0 Å². The summed E-state index contributed by atoms with van der Waals surface area (Å²) in [4.78, 5) is 22.0. The molecule has 0 aliphatic carbocycles. The maximum absolute atomic E-state index is 11.9. The maximum atomic E-state index is 11.9. The first-order chi connectivity index (χ1) is 14.0. The molecule has 146 valence electrons. The molecular weight excluding hydrogens is 370 g/mol. The summed E-state index contributed by atoms with van der Waals surface area (Å²) in [5.41, 5.74) is 3.04. The smallest absolute Gasteiger partial charge is 0.336 e. The van der Waals surface area contributed by atoms with Gasteiger partial charge in [-0.15, -0.1) is 0 Å². The van der Waals surface area contributed by atoms with Gasteiger partial charge in [0.05, 0.1) is 4.92 Å². The molecule has 3 rings (SSSR count). The van der Waals surface area contributed by atoms with E-state index in [1.54, 1.807) is 6.08 Å². The Balaban J connectivity index is 1.52. The van der Waals surface area contributed by atoms with E-state index in [1.807, 2.05) is 49.4 Å². The molecule has 0 aliphatic heterocycles. The zero-order valence-electron chi connectivity index (χ0n) is 15.8. The number of non-ortho nitro benzene ring substituents is 1. The van der Waals surface area contributed by atoms with Crippen LogP contribution in [-0.2, 0) is 11.4 Å². The Bertz CT molecular complexity index is 1020. The number of hydrogen-bond acceptors (Lipinski definition) is 5. The number of benzene rings is 3. The fourth-order valence-electron chi connectivity index (χ4n) is 2.59. The van der Waals surface area contributed by atoms with E-state index in [-0.39, 0.29) is 11.4 Å². The van der Waals surface area contributed by atoms with Crippen molar-refractivity contribution in [2.75, 3.05) is 0 Å². The average Bonchev–Trinajstić information content (AvgIpc) is 2.72. The van der Waals surface area contributed by atoms with Gasteiger partial charge in [-0.25, -0.2) is 4.79 Å². The number of carbonyl (C=O) groups is 1. The first-order valence-electron chi connectivity index (χ1n) is 8.92. The standard InChI is InChI=1S/C23H19NO5/c1-17-3-2-4-19(15-17)16-28-21-10-5-18(6-11-21)7-14-23(25)29-22-12-8-20(9-13-22)24(26)27/h2-15H,16H2,1H3. The van der Waals surface area contributed by atoms with E-state index in [4.69, 9.17) is 9.47 Å². The second-order valence-electron chi connectivity index (χ2n) is 6.35. The van der Waals surface area contributed by atoms with Crippen molar-refractivity contribution in [2.24, 2.45) is 0 Å². The summed E-state index contributed by atoms with van der Waals surface area (Å²) in [6, 6.07) is 20.8. The Morgan fingerprint density at radius 2 is 1.69 bits per heavy atom. The number of ether oxygens (including phenoxy) is 2. The molecule has 0 aliphatic rings. The Morgan fingerprint density at radius 3 is 2.34 bits per heavy atom. The second-order valence-corrected chi connectivity index (χ2v) is 6.35. The van der Waals surface area contributed by atoms with Crippen LogP contribution in [0.4, 0.5) is 5.69 Å². The predicted molar refractivity (Wildman–Crippen MR) is 110 cm³/mol. The molecule has 29 heavy (non-hydrogen) atoms.